The van der Waals surface area contributed by atoms with Gasteiger partial charge < -0.3 is 0 Å². The number of aromatic nitrogens is 3. The van der Waals surface area contributed by atoms with E-state index in [1.165, 1.54) is 6.33 Å². The van der Waals surface area contributed by atoms with Crippen molar-refractivity contribution >= 4 is 33.3 Å². The molecule has 2 rings (SSSR count). The zero-order valence-electron chi connectivity index (χ0n) is 9.73. The van der Waals surface area contributed by atoms with E-state index in [0.29, 0.717) is 23.0 Å². The van der Waals surface area contributed by atoms with Crippen LogP contribution in [0.25, 0.3) is 0 Å². The van der Waals surface area contributed by atoms with Gasteiger partial charge in [-0.2, -0.15) is 5.10 Å². The molecule has 0 spiro atoms. The van der Waals surface area contributed by atoms with Gasteiger partial charge in [-0.05, 0) is 35.0 Å². The van der Waals surface area contributed by atoms with Crippen LogP contribution >= 0.6 is 27.5 Å². The number of benzene rings is 1. The van der Waals surface area contributed by atoms with E-state index in [2.05, 4.69) is 26.0 Å². The van der Waals surface area contributed by atoms with Crippen molar-refractivity contribution in [1.29, 1.82) is 0 Å². The van der Waals surface area contributed by atoms with E-state index in [4.69, 9.17) is 11.6 Å². The average molecular weight is 329 g/mol. The van der Waals surface area contributed by atoms with Crippen LogP contribution in [0.2, 0.25) is 5.02 Å². The Morgan fingerprint density at radius 2 is 2.28 bits per heavy atom. The van der Waals surface area contributed by atoms with E-state index in [9.17, 15) is 4.79 Å². The number of aryl methyl sites for hydroxylation is 1. The van der Waals surface area contributed by atoms with Gasteiger partial charge in [0.25, 0.3) is 0 Å². The van der Waals surface area contributed by atoms with Crippen LogP contribution < -0.4 is 0 Å². The molecule has 6 heteroatoms. The van der Waals surface area contributed by atoms with E-state index >= 15 is 0 Å². The molecule has 1 aromatic carbocycles. The summed E-state index contributed by atoms with van der Waals surface area (Å²) < 4.78 is 2.48. The van der Waals surface area contributed by atoms with Crippen molar-refractivity contribution in [1.82, 2.24) is 14.8 Å². The van der Waals surface area contributed by atoms with Crippen molar-refractivity contribution in [2.45, 2.75) is 19.9 Å². The largest absolute Gasteiger partial charge is 0.294 e. The number of carbonyl (C=O) groups excluding carboxylic acids is 1. The molecular weight excluding hydrogens is 318 g/mol. The van der Waals surface area contributed by atoms with E-state index in [-0.39, 0.29) is 12.2 Å². The van der Waals surface area contributed by atoms with Crippen molar-refractivity contribution in [3.8, 4) is 0 Å². The minimum Gasteiger partial charge on any atom is -0.294 e. The first-order chi connectivity index (χ1) is 8.61. The molecule has 0 saturated heterocycles. The fourth-order valence-corrected chi connectivity index (χ4v) is 2.03. The third kappa shape index (κ3) is 2.79. The molecule has 0 saturated carbocycles. The molecule has 4 nitrogen and oxygen atoms in total. The van der Waals surface area contributed by atoms with Crippen LogP contribution in [0.5, 0.6) is 0 Å². The summed E-state index contributed by atoms with van der Waals surface area (Å²) in [6, 6.07) is 5.16. The molecule has 18 heavy (non-hydrogen) atoms. The monoisotopic (exact) mass is 327 g/mol. The molecule has 2 aromatic rings. The zero-order chi connectivity index (χ0) is 13.1. The fraction of sp³-hybridized carbons (Fsp3) is 0.250. The summed E-state index contributed by atoms with van der Waals surface area (Å²) in [4.78, 5) is 16.2. The third-order valence-electron chi connectivity index (χ3n) is 2.56. The first-order valence-corrected chi connectivity index (χ1v) is 6.64. The van der Waals surface area contributed by atoms with Crippen LogP contribution in [0, 0.1) is 0 Å². The van der Waals surface area contributed by atoms with Gasteiger partial charge in [0, 0.05) is 16.6 Å². The van der Waals surface area contributed by atoms with Gasteiger partial charge in [0.1, 0.15) is 12.2 Å². The number of hydrogen-bond acceptors (Lipinski definition) is 3. The number of carbonyl (C=O) groups is 1. The van der Waals surface area contributed by atoms with Crippen LogP contribution in [0.15, 0.2) is 29.0 Å². The second kappa shape index (κ2) is 5.63. The molecule has 0 N–H and O–H groups in total. The number of ketones is 1. The summed E-state index contributed by atoms with van der Waals surface area (Å²) in [5.74, 6) is 0.647. The zero-order valence-corrected chi connectivity index (χ0v) is 12.1. The van der Waals surface area contributed by atoms with Crippen LogP contribution in [-0.2, 0) is 13.0 Å². The van der Waals surface area contributed by atoms with Crippen LogP contribution in [0.4, 0.5) is 0 Å². The number of Topliss-reactive ketones (excluding diaryl/α,β-unsaturated/α-hetero) is 1. The molecule has 94 valence electrons. The number of nitrogens with zero attached hydrogens (tertiary/aromatic N) is 3. The van der Waals surface area contributed by atoms with Gasteiger partial charge in [-0.15, -0.1) is 0 Å². The Labute approximate surface area is 118 Å². The van der Waals surface area contributed by atoms with Gasteiger partial charge in [-0.3, -0.25) is 4.79 Å². The van der Waals surface area contributed by atoms with E-state index in [1.54, 1.807) is 22.9 Å². The van der Waals surface area contributed by atoms with Gasteiger partial charge in [-0.25, -0.2) is 9.67 Å². The molecule has 0 atom stereocenters. The van der Waals surface area contributed by atoms with Crippen molar-refractivity contribution < 1.29 is 4.79 Å². The summed E-state index contributed by atoms with van der Waals surface area (Å²) in [5, 5.41) is 4.56. The lowest BCUT2D eigenvalue weighted by Crippen LogP contribution is -2.10. The van der Waals surface area contributed by atoms with Crippen molar-refractivity contribution in [3.05, 3.63) is 45.4 Å². The van der Waals surface area contributed by atoms with Crippen LogP contribution in [-0.4, -0.2) is 20.5 Å². The summed E-state index contributed by atoms with van der Waals surface area (Å²) in [6.45, 7) is 2.66. The molecule has 0 unspecified atom stereocenters. The molecule has 0 fully saturated rings. The van der Waals surface area contributed by atoms with Crippen molar-refractivity contribution in [2.75, 3.05) is 0 Å². The molecule has 0 aliphatic rings. The maximum atomic E-state index is 12.1. The maximum absolute atomic E-state index is 12.1. The summed E-state index contributed by atoms with van der Waals surface area (Å²) in [5.41, 5.74) is 0.578. The highest BCUT2D eigenvalue weighted by Gasteiger charge is 2.12. The Morgan fingerprint density at radius 3 is 2.94 bits per heavy atom. The van der Waals surface area contributed by atoms with Crippen molar-refractivity contribution in [2.24, 2.45) is 0 Å². The van der Waals surface area contributed by atoms with Gasteiger partial charge >= 0.3 is 0 Å². The van der Waals surface area contributed by atoms with Crippen LogP contribution in [0.1, 0.15) is 23.1 Å². The maximum Gasteiger partial charge on any atom is 0.170 e. The standard InChI is InChI=1S/C12H11BrClN3O/c1-2-17-12(15-7-16-17)6-11(18)8-3-4-9(13)10(14)5-8/h3-5,7H,2,6H2,1H3. The van der Waals surface area contributed by atoms with Gasteiger partial charge in [0.15, 0.2) is 5.78 Å². The highest BCUT2D eigenvalue weighted by molar-refractivity contribution is 9.10. The molecule has 0 bridgehead atoms. The molecule has 0 aliphatic carbocycles. The Balaban J connectivity index is 2.19. The van der Waals surface area contributed by atoms with Crippen molar-refractivity contribution in [3.63, 3.8) is 0 Å². The Bertz CT molecular complexity index is 582. The number of hydrogen-bond donors (Lipinski definition) is 0. The summed E-state index contributed by atoms with van der Waals surface area (Å²) in [6.07, 6.45) is 1.69. The smallest absolute Gasteiger partial charge is 0.170 e. The quantitative estimate of drug-likeness (QED) is 0.810. The van der Waals surface area contributed by atoms with Crippen LogP contribution in [0.3, 0.4) is 0 Å². The Hall–Kier alpha value is -1.20. The minimum atomic E-state index is -0.0212. The number of rotatable bonds is 4. The topological polar surface area (TPSA) is 47.8 Å². The summed E-state index contributed by atoms with van der Waals surface area (Å²) >= 11 is 9.26. The van der Waals surface area contributed by atoms with E-state index < -0.39 is 0 Å². The summed E-state index contributed by atoms with van der Waals surface area (Å²) in [7, 11) is 0. The van der Waals surface area contributed by atoms with E-state index in [1.807, 2.05) is 6.92 Å². The first-order valence-electron chi connectivity index (χ1n) is 5.46. The lowest BCUT2D eigenvalue weighted by Gasteiger charge is -2.04. The molecule has 1 aromatic heterocycles. The normalized spacial score (nSPS) is 10.6. The Kier molecular flexibility index (Phi) is 4.14. The second-order valence-corrected chi connectivity index (χ2v) is 4.98. The molecular formula is C12H11BrClN3O. The van der Waals surface area contributed by atoms with Gasteiger partial charge in [0.2, 0.25) is 0 Å². The van der Waals surface area contributed by atoms with Gasteiger partial charge in [-0.1, -0.05) is 17.7 Å². The molecule has 0 radical (unpaired) electrons. The lowest BCUT2D eigenvalue weighted by atomic mass is 10.1. The Morgan fingerprint density at radius 1 is 1.50 bits per heavy atom. The predicted molar refractivity (Wildman–Crippen MR) is 72.9 cm³/mol. The molecule has 0 amide bonds. The number of halogens is 2. The predicted octanol–water partition coefficient (Wildman–Crippen LogP) is 3.14. The SMILES string of the molecule is CCn1ncnc1CC(=O)c1ccc(Br)c(Cl)c1. The third-order valence-corrected chi connectivity index (χ3v) is 3.79. The fourth-order valence-electron chi connectivity index (χ4n) is 1.60. The highest BCUT2D eigenvalue weighted by Crippen LogP contribution is 2.23. The highest BCUT2D eigenvalue weighted by atomic mass is 79.9. The average Bonchev–Trinajstić information content (AvgIpc) is 2.79. The second-order valence-electron chi connectivity index (χ2n) is 3.72. The van der Waals surface area contributed by atoms with Gasteiger partial charge in [0.05, 0.1) is 11.4 Å². The minimum absolute atomic E-state index is 0.0212. The first kappa shape index (κ1) is 13.2. The lowest BCUT2D eigenvalue weighted by molar-refractivity contribution is 0.0989. The van der Waals surface area contributed by atoms with E-state index in [0.717, 1.165) is 4.47 Å². The molecule has 0 aliphatic heterocycles. The molecule has 1 heterocycles.